The van der Waals surface area contributed by atoms with Crippen LogP contribution < -0.4 is 0 Å². The SMILES string of the molecule is CCCCCCCCCCCCC/C=C/[CH]Cl. The highest BCUT2D eigenvalue weighted by molar-refractivity contribution is 6.24. The highest BCUT2D eigenvalue weighted by Crippen LogP contribution is 2.12. The number of hydrogen-bond acceptors (Lipinski definition) is 0. The van der Waals surface area contributed by atoms with Crippen molar-refractivity contribution in [3.8, 4) is 0 Å². The molecule has 0 atom stereocenters. The Bertz CT molecular complexity index is 152. The first-order chi connectivity index (χ1) is 8.41. The molecule has 0 saturated carbocycles. The van der Waals surface area contributed by atoms with Crippen molar-refractivity contribution in [3.63, 3.8) is 0 Å². The predicted octanol–water partition coefficient (Wildman–Crippen LogP) is 6.64. The maximum absolute atomic E-state index is 5.43. The van der Waals surface area contributed by atoms with Crippen molar-refractivity contribution in [2.24, 2.45) is 0 Å². The highest BCUT2D eigenvalue weighted by atomic mass is 35.5. The van der Waals surface area contributed by atoms with E-state index in [4.69, 9.17) is 11.6 Å². The molecule has 0 aromatic heterocycles. The van der Waals surface area contributed by atoms with Gasteiger partial charge in [-0.25, -0.2) is 0 Å². The maximum Gasteiger partial charge on any atom is 0.0715 e. The van der Waals surface area contributed by atoms with Gasteiger partial charge in [0.05, 0.1) is 5.88 Å². The van der Waals surface area contributed by atoms with Gasteiger partial charge in [-0.2, -0.15) is 0 Å². The summed E-state index contributed by atoms with van der Waals surface area (Å²) in [7, 11) is 0. The molecule has 0 aromatic rings. The normalized spacial score (nSPS) is 11.4. The minimum absolute atomic E-state index is 1.18. The average molecular weight is 258 g/mol. The Labute approximate surface area is 114 Å². The van der Waals surface area contributed by atoms with Crippen LogP contribution in [0.4, 0.5) is 0 Å². The molecule has 0 aliphatic heterocycles. The van der Waals surface area contributed by atoms with Crippen LogP contribution in [0, 0.1) is 5.88 Å². The van der Waals surface area contributed by atoms with Gasteiger partial charge in [0.25, 0.3) is 0 Å². The van der Waals surface area contributed by atoms with Gasteiger partial charge in [0.2, 0.25) is 0 Å². The Morgan fingerprint density at radius 1 is 0.706 bits per heavy atom. The van der Waals surface area contributed by atoms with E-state index in [9.17, 15) is 0 Å². The molecule has 0 unspecified atom stereocenters. The Balaban J connectivity index is 2.91. The van der Waals surface area contributed by atoms with Gasteiger partial charge in [0, 0.05) is 0 Å². The molecule has 17 heavy (non-hydrogen) atoms. The maximum atomic E-state index is 5.43. The summed E-state index contributed by atoms with van der Waals surface area (Å²) < 4.78 is 0. The number of hydrogen-bond donors (Lipinski definition) is 0. The van der Waals surface area contributed by atoms with E-state index in [1.54, 1.807) is 5.88 Å². The van der Waals surface area contributed by atoms with Crippen molar-refractivity contribution in [3.05, 3.63) is 18.0 Å². The van der Waals surface area contributed by atoms with Crippen LogP contribution in [-0.4, -0.2) is 0 Å². The molecule has 0 saturated heterocycles. The van der Waals surface area contributed by atoms with Gasteiger partial charge in [0.15, 0.2) is 0 Å². The molecular weight excluding hydrogens is 228 g/mol. The summed E-state index contributed by atoms with van der Waals surface area (Å²) in [5.41, 5.74) is 0. The molecule has 101 valence electrons. The number of unbranched alkanes of at least 4 members (excludes halogenated alkanes) is 11. The minimum Gasteiger partial charge on any atom is -0.117 e. The van der Waals surface area contributed by atoms with E-state index in [0.717, 1.165) is 0 Å². The van der Waals surface area contributed by atoms with Crippen molar-refractivity contribution < 1.29 is 0 Å². The smallest absolute Gasteiger partial charge is 0.0715 e. The lowest BCUT2D eigenvalue weighted by Gasteiger charge is -2.01. The molecule has 0 N–H and O–H groups in total. The summed E-state index contributed by atoms with van der Waals surface area (Å²) in [5, 5.41) is 0. The van der Waals surface area contributed by atoms with Crippen molar-refractivity contribution in [1.29, 1.82) is 0 Å². The summed E-state index contributed by atoms with van der Waals surface area (Å²) in [6, 6.07) is 0. The summed E-state index contributed by atoms with van der Waals surface area (Å²) in [6.07, 6.45) is 20.8. The number of allylic oxidation sites excluding steroid dienone is 2. The van der Waals surface area contributed by atoms with Gasteiger partial charge in [-0.05, 0) is 12.8 Å². The van der Waals surface area contributed by atoms with Crippen molar-refractivity contribution in [2.75, 3.05) is 0 Å². The second-order valence-corrected chi connectivity index (χ2v) is 5.13. The minimum atomic E-state index is 1.18. The lowest BCUT2D eigenvalue weighted by atomic mass is 10.1. The lowest BCUT2D eigenvalue weighted by molar-refractivity contribution is 0.550. The zero-order valence-corrected chi connectivity index (χ0v) is 12.4. The van der Waals surface area contributed by atoms with Gasteiger partial charge >= 0.3 is 0 Å². The molecule has 0 fully saturated rings. The van der Waals surface area contributed by atoms with Gasteiger partial charge in [-0.1, -0.05) is 83.3 Å². The molecule has 1 heteroatoms. The average Bonchev–Trinajstić information content (AvgIpc) is 2.35. The number of halogens is 1. The third kappa shape index (κ3) is 16.0. The van der Waals surface area contributed by atoms with Gasteiger partial charge < -0.3 is 0 Å². The Morgan fingerprint density at radius 3 is 1.65 bits per heavy atom. The van der Waals surface area contributed by atoms with E-state index in [1.807, 2.05) is 6.08 Å². The summed E-state index contributed by atoms with van der Waals surface area (Å²) in [6.45, 7) is 2.28. The predicted molar refractivity (Wildman–Crippen MR) is 80.4 cm³/mol. The van der Waals surface area contributed by atoms with E-state index >= 15 is 0 Å². The van der Waals surface area contributed by atoms with E-state index < -0.39 is 0 Å². The van der Waals surface area contributed by atoms with Crippen LogP contribution in [0.2, 0.25) is 0 Å². The van der Waals surface area contributed by atoms with E-state index in [-0.39, 0.29) is 0 Å². The van der Waals surface area contributed by atoms with Crippen LogP contribution in [0.5, 0.6) is 0 Å². The standard InChI is InChI=1S/C16H30Cl/c1-2-3-4-5-6-7-8-9-10-11-12-13-14-15-16-17/h14-16H,2-13H2,1H3/b15-14+. The monoisotopic (exact) mass is 257 g/mol. The second-order valence-electron chi connectivity index (χ2n) is 4.88. The van der Waals surface area contributed by atoms with Crippen molar-refractivity contribution in [1.82, 2.24) is 0 Å². The molecule has 0 heterocycles. The Hall–Kier alpha value is 0.0300. The molecule has 0 spiro atoms. The quantitative estimate of drug-likeness (QED) is 0.324. The summed E-state index contributed by atoms with van der Waals surface area (Å²) >= 11 is 5.43. The third-order valence-electron chi connectivity index (χ3n) is 3.18. The zero-order chi connectivity index (χ0) is 12.6. The molecule has 0 bridgehead atoms. The first-order valence-corrected chi connectivity index (χ1v) is 7.94. The topological polar surface area (TPSA) is 0 Å². The van der Waals surface area contributed by atoms with Gasteiger partial charge in [-0.3, -0.25) is 0 Å². The van der Waals surface area contributed by atoms with E-state index in [0.29, 0.717) is 0 Å². The van der Waals surface area contributed by atoms with Crippen LogP contribution in [0.1, 0.15) is 84.0 Å². The largest absolute Gasteiger partial charge is 0.117 e. The van der Waals surface area contributed by atoms with Gasteiger partial charge in [0.1, 0.15) is 0 Å². The molecule has 0 aliphatic rings. The number of rotatable bonds is 13. The highest BCUT2D eigenvalue weighted by Gasteiger charge is 1.92. The fourth-order valence-electron chi connectivity index (χ4n) is 2.07. The van der Waals surface area contributed by atoms with Gasteiger partial charge in [-0.15, -0.1) is 11.6 Å². The van der Waals surface area contributed by atoms with Crippen LogP contribution in [0.3, 0.4) is 0 Å². The van der Waals surface area contributed by atoms with Crippen molar-refractivity contribution >= 4 is 11.6 Å². The lowest BCUT2D eigenvalue weighted by Crippen LogP contribution is -1.81. The molecule has 0 rings (SSSR count). The van der Waals surface area contributed by atoms with Crippen molar-refractivity contribution in [2.45, 2.75) is 84.0 Å². The van der Waals surface area contributed by atoms with Crippen LogP contribution >= 0.6 is 11.6 Å². The molecule has 1 radical (unpaired) electrons. The molecule has 0 nitrogen and oxygen atoms in total. The van der Waals surface area contributed by atoms with Crippen LogP contribution in [0.25, 0.3) is 0 Å². The van der Waals surface area contributed by atoms with Crippen LogP contribution in [-0.2, 0) is 0 Å². The fourth-order valence-corrected chi connectivity index (χ4v) is 2.18. The molecular formula is C16H30Cl. The molecule has 0 amide bonds. The second kappa shape index (κ2) is 16.0. The Morgan fingerprint density at radius 2 is 1.18 bits per heavy atom. The zero-order valence-electron chi connectivity index (χ0n) is 11.6. The third-order valence-corrected chi connectivity index (χ3v) is 3.33. The first-order valence-electron chi connectivity index (χ1n) is 7.50. The van der Waals surface area contributed by atoms with Crippen LogP contribution in [0.15, 0.2) is 12.2 Å². The molecule has 0 aliphatic carbocycles. The van der Waals surface area contributed by atoms with E-state index in [1.165, 1.54) is 77.0 Å². The first kappa shape index (κ1) is 17.0. The summed E-state index contributed by atoms with van der Waals surface area (Å²) in [4.78, 5) is 0. The summed E-state index contributed by atoms with van der Waals surface area (Å²) in [5.74, 6) is 1.58. The Kier molecular flexibility index (Phi) is 16.1. The van der Waals surface area contributed by atoms with E-state index in [2.05, 4.69) is 13.0 Å². The molecule has 0 aromatic carbocycles. The fraction of sp³-hybridized carbons (Fsp3) is 0.812.